The number of aliphatic hydroxyl groups is 1. The van der Waals surface area contributed by atoms with Crippen LogP contribution >= 0.6 is 0 Å². The van der Waals surface area contributed by atoms with Crippen LogP contribution in [0.2, 0.25) is 0 Å². The molecule has 1 unspecified atom stereocenters. The molecule has 0 spiro atoms. The van der Waals surface area contributed by atoms with Crippen molar-refractivity contribution in [2.45, 2.75) is 154 Å². The minimum Gasteiger partial charge on any atom is -0.455 e. The van der Waals surface area contributed by atoms with Crippen molar-refractivity contribution in [3.05, 3.63) is 30.6 Å². The number of cyclic esters (lactones) is 1. The van der Waals surface area contributed by atoms with Crippen molar-refractivity contribution in [3.8, 4) is 0 Å². The minimum atomic E-state index is -3.21. The van der Waals surface area contributed by atoms with Crippen LogP contribution in [-0.2, 0) is 44.6 Å². The first-order valence-corrected chi connectivity index (χ1v) is 20.6. The number of benzene rings is 1. The zero-order valence-electron chi connectivity index (χ0n) is 35.2. The number of nitrogens with zero attached hydrogens (tertiary/aromatic N) is 3. The molecule has 3 saturated heterocycles. The van der Waals surface area contributed by atoms with E-state index < -0.39 is 102 Å². The Morgan fingerprint density at radius 1 is 1.03 bits per heavy atom. The highest BCUT2D eigenvalue weighted by Gasteiger charge is 2.61. The number of aromatic nitrogens is 2. The number of aryl methyl sites for hydroxylation is 1. The summed E-state index contributed by atoms with van der Waals surface area (Å²) in [5.41, 5.74) is -4.46. The van der Waals surface area contributed by atoms with Crippen LogP contribution in [0.3, 0.4) is 0 Å². The van der Waals surface area contributed by atoms with Crippen molar-refractivity contribution in [1.29, 1.82) is 0 Å². The molecule has 5 rings (SSSR count). The lowest BCUT2D eigenvalue weighted by molar-refractivity contribution is -0.290. The highest BCUT2D eigenvalue weighted by Crippen LogP contribution is 2.43. The molecule has 0 saturated carbocycles. The molecule has 3 aliphatic rings. The Balaban J connectivity index is 1.48. The van der Waals surface area contributed by atoms with Crippen LogP contribution in [-0.4, -0.2) is 130 Å². The SMILES string of the molecule is CC[C@H]1OC(=O)[C@@](C)(F)C(=O)[C@H](C)[C@@H](O[C@@H]2O[C@H](C)C[C@H](NCCF)[C@@H]2O)[C@](C)(OC)C[C@@H](C)C(=O)[C@H](C)C2N(CCCCn3cnc4ccccc43)C(=O)O[C@@]21C. The Hall–Kier alpha value is -3.57. The van der Waals surface area contributed by atoms with Crippen molar-refractivity contribution in [1.82, 2.24) is 19.8 Å². The van der Waals surface area contributed by atoms with Crippen LogP contribution in [0.4, 0.5) is 13.6 Å². The summed E-state index contributed by atoms with van der Waals surface area (Å²) in [7, 11) is 1.37. The van der Waals surface area contributed by atoms with Crippen molar-refractivity contribution in [3.63, 3.8) is 0 Å². The highest BCUT2D eigenvalue weighted by atomic mass is 19.1. The van der Waals surface area contributed by atoms with E-state index in [9.17, 15) is 28.7 Å². The van der Waals surface area contributed by atoms with Crippen LogP contribution in [0.5, 0.6) is 0 Å². The third-order valence-corrected chi connectivity index (χ3v) is 12.6. The number of ketones is 2. The predicted octanol–water partition coefficient (Wildman–Crippen LogP) is 5.11. The maximum atomic E-state index is 16.9. The van der Waals surface area contributed by atoms with Gasteiger partial charge in [0.15, 0.2) is 17.7 Å². The standard InChI is InChI=1S/C42H62F2N4O10/c1-10-31-42(8)34(48(39(53)58-42)20-14-13-19-47-23-46-28-15-11-12-16-30(28)47)26(4)32(49)24(2)22-40(6,54-9)36(27(5)35(51)41(7,44)38(52)56-31)57-37-33(50)29(45-18-17-43)21-25(3)55-37/h11-12,15-16,23-27,29,31,33-34,36-37,45,50H,10,13-14,17-22H2,1-9H3/t24-,25-,26+,27+,29+,31-,33+,34?,36-,37+,40-,41+,42-/m1/s1. The number of alkyl halides is 2. The number of fused-ring (bicyclic) bond motifs is 2. The molecule has 13 atom stereocenters. The second kappa shape index (κ2) is 18.4. The molecule has 0 bridgehead atoms. The molecular formula is C42H62F2N4O10. The number of para-hydroxylation sites is 2. The molecule has 16 heteroatoms. The number of carbonyl (C=O) groups excluding carboxylic acids is 4. The number of hydrogen-bond acceptors (Lipinski definition) is 12. The third-order valence-electron chi connectivity index (χ3n) is 12.6. The van der Waals surface area contributed by atoms with Gasteiger partial charge in [0.05, 0.1) is 41.2 Å². The molecule has 1 aromatic carbocycles. The van der Waals surface area contributed by atoms with Crippen molar-refractivity contribution >= 4 is 34.7 Å². The van der Waals surface area contributed by atoms with E-state index in [4.69, 9.17) is 23.7 Å². The molecule has 0 aliphatic carbocycles. The summed E-state index contributed by atoms with van der Waals surface area (Å²) < 4.78 is 62.3. The number of Topliss-reactive ketones (excluding diaryl/α,β-unsaturated/α-hetero) is 2. The first kappa shape index (κ1) is 45.5. The van der Waals surface area contributed by atoms with Crippen molar-refractivity contribution in [2.24, 2.45) is 17.8 Å². The number of carbonyl (C=O) groups is 4. The lowest BCUT2D eigenvalue weighted by Gasteiger charge is -2.46. The Bertz CT molecular complexity index is 1780. The highest BCUT2D eigenvalue weighted by molar-refractivity contribution is 6.08. The average Bonchev–Trinajstić information content (AvgIpc) is 3.72. The average molecular weight is 821 g/mol. The summed E-state index contributed by atoms with van der Waals surface area (Å²) in [4.78, 5) is 62.6. The first-order chi connectivity index (χ1) is 27.3. The maximum absolute atomic E-state index is 16.9. The van der Waals surface area contributed by atoms with Gasteiger partial charge in [-0.1, -0.05) is 39.8 Å². The lowest BCUT2D eigenvalue weighted by atomic mass is 9.73. The summed E-state index contributed by atoms with van der Waals surface area (Å²) in [6, 6.07) is 6.21. The fraction of sp³-hybridized carbons (Fsp3) is 0.738. The van der Waals surface area contributed by atoms with Gasteiger partial charge in [-0.2, -0.15) is 0 Å². The van der Waals surface area contributed by atoms with Crippen molar-refractivity contribution in [2.75, 3.05) is 26.9 Å². The Morgan fingerprint density at radius 2 is 1.72 bits per heavy atom. The number of halogens is 2. The first-order valence-electron chi connectivity index (χ1n) is 20.6. The number of nitrogens with one attached hydrogen (secondary N) is 1. The summed E-state index contributed by atoms with van der Waals surface area (Å²) >= 11 is 0. The number of rotatable bonds is 12. The van der Waals surface area contributed by atoms with E-state index >= 15 is 4.39 Å². The predicted molar refractivity (Wildman–Crippen MR) is 209 cm³/mol. The van der Waals surface area contributed by atoms with Crippen molar-refractivity contribution < 1.29 is 56.7 Å². The monoisotopic (exact) mass is 820 g/mol. The minimum absolute atomic E-state index is 0.0226. The summed E-state index contributed by atoms with van der Waals surface area (Å²) in [5.74, 6) is -5.99. The quantitative estimate of drug-likeness (QED) is 0.165. The van der Waals surface area contributed by atoms with Crippen LogP contribution in [0, 0.1) is 17.8 Å². The van der Waals surface area contributed by atoms with E-state index in [0.29, 0.717) is 25.8 Å². The smallest absolute Gasteiger partial charge is 0.410 e. The number of imidazole rings is 1. The zero-order valence-corrected chi connectivity index (χ0v) is 35.2. The van der Waals surface area contributed by atoms with E-state index in [0.717, 1.165) is 18.0 Å². The molecule has 1 amide bonds. The lowest BCUT2D eigenvalue weighted by Crippen LogP contribution is -2.62. The van der Waals surface area contributed by atoms with Gasteiger partial charge in [0, 0.05) is 50.5 Å². The third kappa shape index (κ3) is 8.96. The normalized spacial score (nSPS) is 38.0. The second-order valence-corrected chi connectivity index (χ2v) is 16.9. The van der Waals surface area contributed by atoms with Gasteiger partial charge in [0.1, 0.15) is 24.7 Å². The number of hydrogen-bond donors (Lipinski definition) is 2. The van der Waals surface area contributed by atoms with Gasteiger partial charge >= 0.3 is 12.1 Å². The molecule has 4 heterocycles. The van der Waals surface area contributed by atoms with Gasteiger partial charge in [0.2, 0.25) is 0 Å². The van der Waals surface area contributed by atoms with Crippen LogP contribution < -0.4 is 5.32 Å². The number of aliphatic hydroxyl groups excluding tert-OH is 1. The molecule has 58 heavy (non-hydrogen) atoms. The van der Waals surface area contributed by atoms with Crippen LogP contribution in [0.15, 0.2) is 30.6 Å². The molecule has 324 valence electrons. The molecule has 2 aromatic rings. The molecule has 2 N–H and O–H groups in total. The van der Waals surface area contributed by atoms with E-state index in [1.165, 1.54) is 18.9 Å². The number of ether oxygens (including phenoxy) is 5. The van der Waals surface area contributed by atoms with Gasteiger partial charge in [-0.25, -0.2) is 23.4 Å². The van der Waals surface area contributed by atoms with Crippen LogP contribution in [0.1, 0.15) is 87.5 Å². The summed E-state index contributed by atoms with van der Waals surface area (Å²) in [6.07, 6.45) is -3.13. The van der Waals surface area contributed by atoms with Gasteiger partial charge < -0.3 is 43.6 Å². The largest absolute Gasteiger partial charge is 0.455 e. The van der Waals surface area contributed by atoms with E-state index in [1.807, 2.05) is 28.8 Å². The number of amides is 1. The van der Waals surface area contributed by atoms with E-state index in [-0.39, 0.29) is 31.7 Å². The van der Waals surface area contributed by atoms with Crippen LogP contribution in [0.25, 0.3) is 11.0 Å². The Morgan fingerprint density at radius 3 is 2.40 bits per heavy atom. The van der Waals surface area contributed by atoms with E-state index in [2.05, 4.69) is 10.3 Å². The Kier molecular flexibility index (Phi) is 14.4. The molecule has 0 radical (unpaired) electrons. The fourth-order valence-electron chi connectivity index (χ4n) is 9.42. The molecule has 14 nitrogen and oxygen atoms in total. The second-order valence-electron chi connectivity index (χ2n) is 16.9. The zero-order chi connectivity index (χ0) is 42.7. The van der Waals surface area contributed by atoms with E-state index in [1.54, 1.807) is 47.9 Å². The fourth-order valence-corrected chi connectivity index (χ4v) is 9.42. The topological polar surface area (TPSA) is 168 Å². The summed E-state index contributed by atoms with van der Waals surface area (Å²) in [5, 5.41) is 14.3. The molecule has 3 fully saturated rings. The van der Waals surface area contributed by atoms with Gasteiger partial charge in [-0.15, -0.1) is 0 Å². The maximum Gasteiger partial charge on any atom is 0.410 e. The van der Waals surface area contributed by atoms with Gasteiger partial charge in [-0.3, -0.25) is 9.59 Å². The Labute approximate surface area is 339 Å². The number of methoxy groups -OCH3 is 1. The molecule has 1 aromatic heterocycles. The van der Waals surface area contributed by atoms with Gasteiger partial charge in [0.25, 0.3) is 5.67 Å². The molecular weight excluding hydrogens is 758 g/mol. The number of esters is 1. The summed E-state index contributed by atoms with van der Waals surface area (Å²) in [6.45, 7) is 12.4. The van der Waals surface area contributed by atoms with Gasteiger partial charge in [-0.05, 0) is 71.9 Å². The number of unbranched alkanes of at least 4 members (excludes halogenated alkanes) is 1. The molecule has 3 aliphatic heterocycles.